The molecule has 0 bridgehead atoms. The Labute approximate surface area is 184 Å². The summed E-state index contributed by atoms with van der Waals surface area (Å²) in [6, 6.07) is 17.1. The molecule has 0 amide bonds. The Hall–Kier alpha value is -2.68. The summed E-state index contributed by atoms with van der Waals surface area (Å²) < 4.78 is 30.2. The average Bonchev–Trinajstić information content (AvgIpc) is 3.36. The lowest BCUT2D eigenvalue weighted by atomic mass is 9.91. The van der Waals surface area contributed by atoms with Crippen LogP contribution in [0.5, 0.6) is 0 Å². The quantitative estimate of drug-likeness (QED) is 0.335. The molecular formula is C20H17Cl2N5O2S. The van der Waals surface area contributed by atoms with Gasteiger partial charge in [0.25, 0.3) is 10.0 Å². The van der Waals surface area contributed by atoms with E-state index >= 15 is 0 Å². The van der Waals surface area contributed by atoms with Crippen LogP contribution < -0.4 is 0 Å². The Balaban J connectivity index is 1.71. The molecule has 154 valence electrons. The molecular weight excluding hydrogens is 445 g/mol. The van der Waals surface area contributed by atoms with Gasteiger partial charge in [-0.15, -0.1) is 4.40 Å². The highest BCUT2D eigenvalue weighted by Crippen LogP contribution is 2.30. The van der Waals surface area contributed by atoms with Crippen LogP contribution >= 0.6 is 23.2 Å². The van der Waals surface area contributed by atoms with Gasteiger partial charge in [0.05, 0.1) is 18.5 Å². The fraction of sp³-hybridized carbons (Fsp3) is 0.150. The van der Waals surface area contributed by atoms with E-state index < -0.39 is 10.0 Å². The van der Waals surface area contributed by atoms with Gasteiger partial charge < -0.3 is 0 Å². The summed E-state index contributed by atoms with van der Waals surface area (Å²) in [5.41, 5.74) is 2.66. The van der Waals surface area contributed by atoms with E-state index in [0.717, 1.165) is 16.8 Å². The minimum Gasteiger partial charge on any atom is -0.274 e. The Morgan fingerprint density at radius 3 is 2.47 bits per heavy atom. The smallest absolute Gasteiger partial charge is 0.274 e. The molecule has 0 saturated heterocycles. The molecule has 0 spiro atoms. The van der Waals surface area contributed by atoms with Gasteiger partial charge in [-0.1, -0.05) is 54.1 Å². The molecule has 30 heavy (non-hydrogen) atoms. The van der Waals surface area contributed by atoms with Crippen molar-refractivity contribution in [2.75, 3.05) is 6.54 Å². The molecule has 0 fully saturated rings. The van der Waals surface area contributed by atoms with Gasteiger partial charge in [0, 0.05) is 24.2 Å². The number of amidine groups is 1. The number of nitrogens with zero attached hydrogens (tertiary/aromatic N) is 5. The Morgan fingerprint density at radius 2 is 1.83 bits per heavy atom. The van der Waals surface area contributed by atoms with Crippen LogP contribution in [0.2, 0.25) is 5.02 Å². The van der Waals surface area contributed by atoms with Crippen molar-refractivity contribution in [3.8, 4) is 0 Å². The lowest BCUT2D eigenvalue weighted by molar-refractivity contribution is 0.483. The second-order valence-electron chi connectivity index (χ2n) is 6.72. The molecule has 2 aromatic carbocycles. The standard InChI is InChI=1S/C20H17Cl2N5O2S/c1-26-12-17(11-23-26)30(28,29)25-20(22)27-13-18(14-5-3-2-4-6-14)19(24-27)15-7-9-16(21)10-8-15/h2-12,18H,13H2,1H3/b25-20-. The van der Waals surface area contributed by atoms with E-state index in [0.29, 0.717) is 11.6 Å². The van der Waals surface area contributed by atoms with E-state index in [1.165, 1.54) is 22.1 Å². The summed E-state index contributed by atoms with van der Waals surface area (Å²) >= 11 is 12.3. The summed E-state index contributed by atoms with van der Waals surface area (Å²) in [6.07, 6.45) is 2.59. The largest absolute Gasteiger partial charge is 0.288 e. The molecule has 7 nitrogen and oxygen atoms in total. The second-order valence-corrected chi connectivity index (χ2v) is 9.10. The van der Waals surface area contributed by atoms with Gasteiger partial charge in [-0.3, -0.25) is 4.68 Å². The van der Waals surface area contributed by atoms with E-state index in [1.807, 2.05) is 42.5 Å². The van der Waals surface area contributed by atoms with Crippen molar-refractivity contribution in [3.05, 3.63) is 83.1 Å². The molecule has 1 aliphatic rings. The normalized spacial score (nSPS) is 17.3. The van der Waals surface area contributed by atoms with Crippen LogP contribution in [-0.2, 0) is 17.1 Å². The highest BCUT2D eigenvalue weighted by atomic mass is 35.5. The molecule has 0 saturated carbocycles. The molecule has 0 aliphatic carbocycles. The van der Waals surface area contributed by atoms with Gasteiger partial charge in [-0.2, -0.15) is 18.6 Å². The van der Waals surface area contributed by atoms with Crippen LogP contribution in [0.15, 0.2) is 81.4 Å². The number of aryl methyl sites for hydroxylation is 1. The first kappa shape index (κ1) is 20.6. The second kappa shape index (κ2) is 8.22. The van der Waals surface area contributed by atoms with Gasteiger partial charge in [-0.25, -0.2) is 5.01 Å². The minimum atomic E-state index is -4.00. The Morgan fingerprint density at radius 1 is 1.13 bits per heavy atom. The maximum atomic E-state index is 12.5. The number of hydrogen-bond donors (Lipinski definition) is 0. The van der Waals surface area contributed by atoms with Crippen molar-refractivity contribution in [1.82, 2.24) is 14.8 Å². The number of halogens is 2. The molecule has 0 N–H and O–H groups in total. The molecule has 0 radical (unpaired) electrons. The van der Waals surface area contributed by atoms with Crippen LogP contribution in [0.25, 0.3) is 0 Å². The number of aromatic nitrogens is 2. The van der Waals surface area contributed by atoms with Gasteiger partial charge in [0.1, 0.15) is 4.90 Å². The SMILES string of the molecule is Cn1cc(S(=O)(=O)/N=C(/Cl)N2CC(c3ccccc3)C(c3ccc(Cl)cc3)=N2)cn1. The van der Waals surface area contributed by atoms with Crippen molar-refractivity contribution in [1.29, 1.82) is 0 Å². The maximum absolute atomic E-state index is 12.5. The molecule has 1 unspecified atom stereocenters. The number of hydrazone groups is 1. The topological polar surface area (TPSA) is 79.9 Å². The summed E-state index contributed by atoms with van der Waals surface area (Å²) in [7, 11) is -2.38. The first-order valence-electron chi connectivity index (χ1n) is 8.99. The molecule has 4 rings (SSSR count). The molecule has 10 heteroatoms. The zero-order valence-corrected chi connectivity index (χ0v) is 18.2. The molecule has 3 aromatic rings. The summed E-state index contributed by atoms with van der Waals surface area (Å²) in [4.78, 5) is -0.0381. The average molecular weight is 462 g/mol. The third-order valence-electron chi connectivity index (χ3n) is 4.64. The van der Waals surface area contributed by atoms with Crippen molar-refractivity contribution in [2.45, 2.75) is 10.8 Å². The molecule has 1 aliphatic heterocycles. The number of benzene rings is 2. The first-order chi connectivity index (χ1) is 14.3. The van der Waals surface area contributed by atoms with E-state index in [2.05, 4.69) is 14.6 Å². The lowest BCUT2D eigenvalue weighted by Gasteiger charge is -2.15. The predicted molar refractivity (Wildman–Crippen MR) is 118 cm³/mol. The monoisotopic (exact) mass is 461 g/mol. The van der Waals surface area contributed by atoms with Gasteiger partial charge in [0.15, 0.2) is 0 Å². The highest BCUT2D eigenvalue weighted by Gasteiger charge is 2.32. The number of sulfonamides is 1. The maximum Gasteiger partial charge on any atom is 0.288 e. The number of rotatable bonds is 4. The van der Waals surface area contributed by atoms with Crippen LogP contribution in [0.4, 0.5) is 0 Å². The van der Waals surface area contributed by atoms with Crippen molar-refractivity contribution >= 4 is 44.2 Å². The Bertz CT molecular complexity index is 1220. The highest BCUT2D eigenvalue weighted by molar-refractivity contribution is 7.90. The number of hydrogen-bond acceptors (Lipinski definition) is 4. The Kier molecular flexibility index (Phi) is 5.64. The summed E-state index contributed by atoms with van der Waals surface area (Å²) in [5.74, 6) is -0.113. The fourth-order valence-electron chi connectivity index (χ4n) is 3.18. The van der Waals surface area contributed by atoms with Gasteiger partial charge in [-0.05, 0) is 34.9 Å². The minimum absolute atomic E-state index is 0.0381. The van der Waals surface area contributed by atoms with Crippen LogP contribution in [0.1, 0.15) is 17.0 Å². The molecule has 1 atom stereocenters. The van der Waals surface area contributed by atoms with E-state index in [4.69, 9.17) is 23.2 Å². The summed E-state index contributed by atoms with van der Waals surface area (Å²) in [6.45, 7) is 0.354. The van der Waals surface area contributed by atoms with Gasteiger partial charge in [0.2, 0.25) is 5.29 Å². The van der Waals surface area contributed by atoms with Crippen molar-refractivity contribution in [3.63, 3.8) is 0 Å². The van der Waals surface area contributed by atoms with Crippen LogP contribution in [0, 0.1) is 0 Å². The van der Waals surface area contributed by atoms with E-state index in [9.17, 15) is 8.42 Å². The third-order valence-corrected chi connectivity index (χ3v) is 6.50. The van der Waals surface area contributed by atoms with Crippen LogP contribution in [-0.4, -0.2) is 40.8 Å². The fourth-order valence-corrected chi connectivity index (χ4v) is 4.55. The zero-order valence-electron chi connectivity index (χ0n) is 15.9. The first-order valence-corrected chi connectivity index (χ1v) is 11.2. The van der Waals surface area contributed by atoms with Crippen molar-refractivity contribution in [2.24, 2.45) is 16.5 Å². The molecule has 2 heterocycles. The summed E-state index contributed by atoms with van der Waals surface area (Å²) in [5, 5.41) is 10.2. The lowest BCUT2D eigenvalue weighted by Crippen LogP contribution is -2.23. The van der Waals surface area contributed by atoms with Crippen molar-refractivity contribution < 1.29 is 8.42 Å². The molecule has 1 aromatic heterocycles. The van der Waals surface area contributed by atoms with Crippen LogP contribution in [0.3, 0.4) is 0 Å². The third kappa shape index (κ3) is 4.26. The van der Waals surface area contributed by atoms with E-state index in [-0.39, 0.29) is 16.1 Å². The van der Waals surface area contributed by atoms with Gasteiger partial charge >= 0.3 is 0 Å². The zero-order chi connectivity index (χ0) is 21.3. The predicted octanol–water partition coefficient (Wildman–Crippen LogP) is 3.86. The van der Waals surface area contributed by atoms with E-state index in [1.54, 1.807) is 19.2 Å².